The largest absolute Gasteiger partial charge is 0.507 e. The van der Waals surface area contributed by atoms with E-state index < -0.39 is 11.8 Å². The topological polar surface area (TPSA) is 111 Å². The summed E-state index contributed by atoms with van der Waals surface area (Å²) < 4.78 is 0. The number of hydrazone groups is 1. The van der Waals surface area contributed by atoms with Crippen molar-refractivity contribution in [3.8, 4) is 5.75 Å². The molecule has 0 saturated carbocycles. The van der Waals surface area contributed by atoms with Crippen LogP contribution in [0.4, 0.5) is 0 Å². The standard InChI is InChI=1S/C24H22N4O4/c29-21-15-18-9-5-4-8-17(18)14-19(21)24(32)26-25-22(30)10-11-23(31)28-13-12-20(27-28)16-6-2-1-3-7-16/h1-9,14-15,29H,10-13H2,(H,25,30)(H,26,32). The van der Waals surface area contributed by atoms with Crippen molar-refractivity contribution in [2.45, 2.75) is 19.3 Å². The fraction of sp³-hybridized carbons (Fsp3) is 0.167. The van der Waals surface area contributed by atoms with Crippen molar-refractivity contribution < 1.29 is 19.5 Å². The smallest absolute Gasteiger partial charge is 0.273 e. The first-order valence-electron chi connectivity index (χ1n) is 10.3. The van der Waals surface area contributed by atoms with Crippen molar-refractivity contribution in [2.24, 2.45) is 5.10 Å². The number of phenolic OH excluding ortho intramolecular Hbond substituents is 1. The molecule has 162 valence electrons. The molecule has 0 radical (unpaired) electrons. The zero-order chi connectivity index (χ0) is 22.5. The first kappa shape index (κ1) is 21.0. The van der Waals surface area contributed by atoms with Crippen LogP contribution < -0.4 is 10.9 Å². The quantitative estimate of drug-likeness (QED) is 0.541. The fourth-order valence-electron chi connectivity index (χ4n) is 3.49. The Morgan fingerprint density at radius 1 is 0.906 bits per heavy atom. The molecule has 3 aromatic rings. The molecule has 1 aliphatic rings. The van der Waals surface area contributed by atoms with Gasteiger partial charge in [-0.1, -0.05) is 54.6 Å². The van der Waals surface area contributed by atoms with Gasteiger partial charge >= 0.3 is 0 Å². The maximum absolute atomic E-state index is 12.4. The van der Waals surface area contributed by atoms with E-state index in [9.17, 15) is 19.5 Å². The molecule has 3 aromatic carbocycles. The van der Waals surface area contributed by atoms with E-state index in [0.717, 1.165) is 22.0 Å². The molecule has 1 aliphatic heterocycles. The third-order valence-corrected chi connectivity index (χ3v) is 5.19. The summed E-state index contributed by atoms with van der Waals surface area (Å²) >= 11 is 0. The van der Waals surface area contributed by atoms with Crippen LogP contribution in [-0.2, 0) is 9.59 Å². The van der Waals surface area contributed by atoms with Crippen molar-refractivity contribution in [2.75, 3.05) is 6.54 Å². The summed E-state index contributed by atoms with van der Waals surface area (Å²) in [5, 5.41) is 17.4. The SMILES string of the molecule is O=C(CCC(=O)N1CCC(c2ccccc2)=N1)NNC(=O)c1cc2ccccc2cc1O. The Hall–Kier alpha value is -4.20. The molecule has 0 bridgehead atoms. The molecule has 0 fully saturated rings. The van der Waals surface area contributed by atoms with E-state index in [1.54, 1.807) is 6.07 Å². The van der Waals surface area contributed by atoms with Gasteiger partial charge in [0.05, 0.1) is 17.8 Å². The number of hydrogen-bond donors (Lipinski definition) is 3. The Labute approximate surface area is 184 Å². The molecule has 8 nitrogen and oxygen atoms in total. The van der Waals surface area contributed by atoms with Crippen LogP contribution in [0, 0.1) is 0 Å². The first-order chi connectivity index (χ1) is 15.5. The van der Waals surface area contributed by atoms with Gasteiger partial charge < -0.3 is 5.11 Å². The second-order valence-corrected chi connectivity index (χ2v) is 7.40. The number of amides is 3. The van der Waals surface area contributed by atoms with Gasteiger partial charge in [0.25, 0.3) is 5.91 Å². The van der Waals surface area contributed by atoms with Gasteiger partial charge in [-0.3, -0.25) is 25.2 Å². The van der Waals surface area contributed by atoms with Gasteiger partial charge in [-0.15, -0.1) is 0 Å². The number of carbonyl (C=O) groups is 3. The highest BCUT2D eigenvalue weighted by molar-refractivity contribution is 6.03. The van der Waals surface area contributed by atoms with Crippen LogP contribution >= 0.6 is 0 Å². The van der Waals surface area contributed by atoms with Crippen LogP contribution in [-0.4, -0.2) is 40.1 Å². The van der Waals surface area contributed by atoms with Crippen LogP contribution in [0.1, 0.15) is 35.2 Å². The second-order valence-electron chi connectivity index (χ2n) is 7.40. The van der Waals surface area contributed by atoms with E-state index in [0.29, 0.717) is 13.0 Å². The number of hydrazine groups is 1. The third kappa shape index (κ3) is 4.75. The molecule has 0 unspecified atom stereocenters. The molecular formula is C24H22N4O4. The summed E-state index contributed by atoms with van der Waals surface area (Å²) in [6, 6.07) is 20.0. The highest BCUT2D eigenvalue weighted by Gasteiger charge is 2.22. The number of phenols is 1. The lowest BCUT2D eigenvalue weighted by Crippen LogP contribution is -2.42. The van der Waals surface area contributed by atoms with Gasteiger partial charge in [-0.05, 0) is 28.5 Å². The summed E-state index contributed by atoms with van der Waals surface area (Å²) in [6.45, 7) is 0.475. The van der Waals surface area contributed by atoms with Crippen molar-refractivity contribution in [1.82, 2.24) is 15.9 Å². The lowest BCUT2D eigenvalue weighted by atomic mass is 10.1. The number of hydrogen-bond acceptors (Lipinski definition) is 5. The Morgan fingerprint density at radius 3 is 2.34 bits per heavy atom. The van der Waals surface area contributed by atoms with Gasteiger partial charge in [0.2, 0.25) is 11.8 Å². The lowest BCUT2D eigenvalue weighted by molar-refractivity contribution is -0.133. The minimum Gasteiger partial charge on any atom is -0.507 e. The summed E-state index contributed by atoms with van der Waals surface area (Å²) in [4.78, 5) is 36.8. The van der Waals surface area contributed by atoms with E-state index in [1.165, 1.54) is 11.1 Å². The molecule has 0 saturated heterocycles. The molecule has 8 heteroatoms. The maximum Gasteiger partial charge on any atom is 0.273 e. The van der Waals surface area contributed by atoms with E-state index in [1.807, 2.05) is 54.6 Å². The van der Waals surface area contributed by atoms with Crippen molar-refractivity contribution in [3.63, 3.8) is 0 Å². The minimum atomic E-state index is -0.649. The number of nitrogens with zero attached hydrogens (tertiary/aromatic N) is 2. The van der Waals surface area contributed by atoms with Crippen LogP contribution in [0.25, 0.3) is 10.8 Å². The van der Waals surface area contributed by atoms with Crippen LogP contribution in [0.15, 0.2) is 71.8 Å². The van der Waals surface area contributed by atoms with Crippen molar-refractivity contribution >= 4 is 34.2 Å². The monoisotopic (exact) mass is 430 g/mol. The van der Waals surface area contributed by atoms with Crippen molar-refractivity contribution in [3.05, 3.63) is 77.9 Å². The molecule has 4 rings (SSSR count). The molecule has 0 aliphatic carbocycles. The highest BCUT2D eigenvalue weighted by atomic mass is 16.3. The zero-order valence-corrected chi connectivity index (χ0v) is 17.2. The predicted molar refractivity (Wildman–Crippen MR) is 120 cm³/mol. The van der Waals surface area contributed by atoms with E-state index in [4.69, 9.17) is 0 Å². The Bertz CT molecular complexity index is 1210. The van der Waals surface area contributed by atoms with Gasteiger partial charge in [0, 0.05) is 19.3 Å². The summed E-state index contributed by atoms with van der Waals surface area (Å²) in [5.41, 5.74) is 6.41. The number of carbonyl (C=O) groups excluding carboxylic acids is 3. The summed E-state index contributed by atoms with van der Waals surface area (Å²) in [7, 11) is 0. The number of benzene rings is 3. The number of aromatic hydroxyl groups is 1. The molecular weight excluding hydrogens is 408 g/mol. The summed E-state index contributed by atoms with van der Waals surface area (Å²) in [5.74, 6) is -1.61. The maximum atomic E-state index is 12.4. The second kappa shape index (κ2) is 9.30. The Balaban J connectivity index is 1.27. The molecule has 3 amide bonds. The third-order valence-electron chi connectivity index (χ3n) is 5.19. The first-order valence-corrected chi connectivity index (χ1v) is 10.3. The van der Waals surface area contributed by atoms with Crippen LogP contribution in [0.2, 0.25) is 0 Å². The zero-order valence-electron chi connectivity index (χ0n) is 17.2. The Morgan fingerprint density at radius 2 is 1.59 bits per heavy atom. The minimum absolute atomic E-state index is 0.0332. The fourth-order valence-corrected chi connectivity index (χ4v) is 3.49. The average molecular weight is 430 g/mol. The van der Waals surface area contributed by atoms with Crippen molar-refractivity contribution in [1.29, 1.82) is 0 Å². The number of rotatable bonds is 5. The normalized spacial score (nSPS) is 13.0. The molecule has 1 heterocycles. The number of fused-ring (bicyclic) bond motifs is 1. The average Bonchev–Trinajstić information content (AvgIpc) is 3.31. The molecule has 32 heavy (non-hydrogen) atoms. The lowest BCUT2D eigenvalue weighted by Gasteiger charge is -2.12. The van der Waals surface area contributed by atoms with Crippen LogP contribution in [0.5, 0.6) is 5.75 Å². The highest BCUT2D eigenvalue weighted by Crippen LogP contribution is 2.24. The predicted octanol–water partition coefficient (Wildman–Crippen LogP) is 2.72. The van der Waals surface area contributed by atoms with E-state index in [-0.39, 0.29) is 30.1 Å². The van der Waals surface area contributed by atoms with Gasteiger partial charge in [0.1, 0.15) is 5.75 Å². The molecule has 0 spiro atoms. The van der Waals surface area contributed by atoms with Gasteiger partial charge in [0.15, 0.2) is 0 Å². The Kier molecular flexibility index (Phi) is 6.12. The molecule has 0 aromatic heterocycles. The number of nitrogens with one attached hydrogen (secondary N) is 2. The summed E-state index contributed by atoms with van der Waals surface area (Å²) in [6.07, 6.45) is 0.525. The van der Waals surface area contributed by atoms with Gasteiger partial charge in [-0.25, -0.2) is 5.01 Å². The van der Waals surface area contributed by atoms with Gasteiger partial charge in [-0.2, -0.15) is 5.10 Å². The van der Waals surface area contributed by atoms with Crippen LogP contribution in [0.3, 0.4) is 0 Å². The van der Waals surface area contributed by atoms with E-state index in [2.05, 4.69) is 16.0 Å². The molecule has 3 N–H and O–H groups in total. The molecule has 0 atom stereocenters. The van der Waals surface area contributed by atoms with E-state index >= 15 is 0 Å².